The van der Waals surface area contributed by atoms with Crippen molar-refractivity contribution in [3.05, 3.63) is 36.5 Å². The van der Waals surface area contributed by atoms with E-state index >= 15 is 0 Å². The molecule has 0 heterocycles. The van der Waals surface area contributed by atoms with Gasteiger partial charge in [0, 0.05) is 20.5 Å². The van der Waals surface area contributed by atoms with E-state index in [-0.39, 0.29) is 5.91 Å². The van der Waals surface area contributed by atoms with E-state index in [1.165, 1.54) is 17.7 Å². The quantitative estimate of drug-likeness (QED) is 0.536. The number of hydrogen-bond acceptors (Lipinski definition) is 3. The Morgan fingerprint density at radius 3 is 2.12 bits per heavy atom. The molecular weight excluding hydrogens is 302 g/mol. The van der Waals surface area contributed by atoms with Crippen molar-refractivity contribution >= 4 is 5.91 Å². The van der Waals surface area contributed by atoms with Gasteiger partial charge in [-0.3, -0.25) is 4.79 Å². The number of nitrogens with zero attached hydrogens (tertiary/aromatic N) is 1. The van der Waals surface area contributed by atoms with Crippen LogP contribution in [-0.4, -0.2) is 47.3 Å². The Hall–Kier alpha value is -1.39. The highest BCUT2D eigenvalue weighted by Crippen LogP contribution is 2.14. The molecule has 138 valence electrons. The Morgan fingerprint density at radius 1 is 1.00 bits per heavy atom. The van der Waals surface area contributed by atoms with Crippen LogP contribution in [0.1, 0.15) is 52.4 Å². The number of amides is 1. The van der Waals surface area contributed by atoms with Crippen molar-refractivity contribution in [3.8, 4) is 0 Å². The maximum absolute atomic E-state index is 11.4. The van der Waals surface area contributed by atoms with Crippen molar-refractivity contribution in [3.63, 3.8) is 0 Å². The van der Waals surface area contributed by atoms with Gasteiger partial charge in [-0.15, -0.1) is 0 Å². The summed E-state index contributed by atoms with van der Waals surface area (Å²) in [6, 6.07) is 0. The van der Waals surface area contributed by atoms with E-state index in [0.29, 0.717) is 18.8 Å². The molecule has 3 atom stereocenters. The van der Waals surface area contributed by atoms with Gasteiger partial charge in [-0.05, 0) is 18.8 Å². The SMILES string of the molecule is CCCCC(C)CC(O)/C=C/C=C/C=C/C(O)CCC(=O)N(C)C. The van der Waals surface area contributed by atoms with Gasteiger partial charge in [-0.2, -0.15) is 0 Å². The zero-order chi connectivity index (χ0) is 18.4. The Balaban J connectivity index is 3.98. The van der Waals surface area contributed by atoms with Crippen molar-refractivity contribution in [1.29, 1.82) is 0 Å². The molecule has 0 rings (SSSR count). The molecule has 3 unspecified atom stereocenters. The molecule has 0 bridgehead atoms. The van der Waals surface area contributed by atoms with Crippen molar-refractivity contribution < 1.29 is 15.0 Å². The minimum absolute atomic E-state index is 0.0167. The number of aliphatic hydroxyl groups is 2. The lowest BCUT2D eigenvalue weighted by molar-refractivity contribution is -0.129. The van der Waals surface area contributed by atoms with Gasteiger partial charge in [0.25, 0.3) is 0 Å². The van der Waals surface area contributed by atoms with E-state index in [4.69, 9.17) is 0 Å². The number of aliphatic hydroxyl groups excluding tert-OH is 2. The van der Waals surface area contributed by atoms with E-state index in [1.54, 1.807) is 38.4 Å². The largest absolute Gasteiger partial charge is 0.389 e. The van der Waals surface area contributed by atoms with Crippen LogP contribution >= 0.6 is 0 Å². The summed E-state index contributed by atoms with van der Waals surface area (Å²) in [5, 5.41) is 19.7. The molecule has 0 aliphatic rings. The Labute approximate surface area is 147 Å². The van der Waals surface area contributed by atoms with Gasteiger partial charge in [0.15, 0.2) is 0 Å². The van der Waals surface area contributed by atoms with Crippen LogP contribution in [0.15, 0.2) is 36.5 Å². The number of carbonyl (C=O) groups is 1. The molecule has 0 aliphatic heterocycles. The zero-order valence-electron chi connectivity index (χ0n) is 15.7. The molecule has 0 aromatic carbocycles. The van der Waals surface area contributed by atoms with Gasteiger partial charge in [0.2, 0.25) is 5.91 Å². The maximum Gasteiger partial charge on any atom is 0.222 e. The average molecular weight is 338 g/mol. The summed E-state index contributed by atoms with van der Waals surface area (Å²) in [5.41, 5.74) is 0. The Morgan fingerprint density at radius 2 is 1.58 bits per heavy atom. The highest BCUT2D eigenvalue weighted by atomic mass is 16.3. The highest BCUT2D eigenvalue weighted by molar-refractivity contribution is 5.75. The lowest BCUT2D eigenvalue weighted by Gasteiger charge is -2.12. The minimum Gasteiger partial charge on any atom is -0.389 e. The third-order valence-electron chi connectivity index (χ3n) is 3.85. The molecule has 0 radical (unpaired) electrons. The van der Waals surface area contributed by atoms with Crippen molar-refractivity contribution in [2.75, 3.05) is 14.1 Å². The van der Waals surface area contributed by atoms with Crippen LogP contribution in [-0.2, 0) is 4.79 Å². The minimum atomic E-state index is -0.618. The molecule has 0 aromatic rings. The summed E-state index contributed by atoms with van der Waals surface area (Å²) in [6.07, 6.45) is 14.8. The lowest BCUT2D eigenvalue weighted by atomic mass is 9.97. The van der Waals surface area contributed by atoms with Crippen LogP contribution in [0.3, 0.4) is 0 Å². The number of carbonyl (C=O) groups excluding carboxylic acids is 1. The summed E-state index contributed by atoms with van der Waals surface area (Å²) in [6.45, 7) is 4.35. The van der Waals surface area contributed by atoms with Crippen LogP contribution in [0.2, 0.25) is 0 Å². The first kappa shape index (κ1) is 22.6. The second-order valence-electron chi connectivity index (χ2n) is 6.60. The molecule has 0 saturated carbocycles. The average Bonchev–Trinajstić information content (AvgIpc) is 2.53. The molecule has 2 N–H and O–H groups in total. The predicted octanol–water partition coefficient (Wildman–Crippen LogP) is 3.46. The Bertz CT molecular complexity index is 413. The first-order valence-corrected chi connectivity index (χ1v) is 8.94. The van der Waals surface area contributed by atoms with Gasteiger partial charge in [0.1, 0.15) is 0 Å². The molecule has 0 aromatic heterocycles. The van der Waals surface area contributed by atoms with Crippen LogP contribution in [0.4, 0.5) is 0 Å². The molecule has 0 aliphatic carbocycles. The van der Waals surface area contributed by atoms with Crippen LogP contribution in [0, 0.1) is 5.92 Å². The molecule has 0 spiro atoms. The molecule has 24 heavy (non-hydrogen) atoms. The van der Waals surface area contributed by atoms with E-state index in [2.05, 4.69) is 13.8 Å². The normalized spacial score (nSPS) is 16.1. The van der Waals surface area contributed by atoms with Crippen LogP contribution in [0.5, 0.6) is 0 Å². The fraction of sp³-hybridized carbons (Fsp3) is 0.650. The molecular formula is C20H35NO3. The third kappa shape index (κ3) is 13.1. The lowest BCUT2D eigenvalue weighted by Crippen LogP contribution is -2.22. The van der Waals surface area contributed by atoms with Gasteiger partial charge >= 0.3 is 0 Å². The van der Waals surface area contributed by atoms with Crippen LogP contribution in [0.25, 0.3) is 0 Å². The van der Waals surface area contributed by atoms with Crippen LogP contribution < -0.4 is 0 Å². The number of allylic oxidation sites excluding steroid dienone is 4. The molecule has 0 fully saturated rings. The fourth-order valence-electron chi connectivity index (χ4n) is 2.27. The summed E-state index contributed by atoms with van der Waals surface area (Å²) in [5.74, 6) is 0.552. The number of unbranched alkanes of at least 4 members (excludes halogenated alkanes) is 1. The first-order valence-electron chi connectivity index (χ1n) is 8.94. The highest BCUT2D eigenvalue weighted by Gasteiger charge is 2.07. The first-order chi connectivity index (χ1) is 11.4. The number of hydrogen-bond donors (Lipinski definition) is 2. The molecule has 1 amide bonds. The van der Waals surface area contributed by atoms with Crippen molar-refractivity contribution in [2.45, 2.75) is 64.6 Å². The molecule has 0 saturated heterocycles. The smallest absolute Gasteiger partial charge is 0.222 e. The summed E-state index contributed by atoms with van der Waals surface area (Å²) in [4.78, 5) is 12.9. The van der Waals surface area contributed by atoms with E-state index in [9.17, 15) is 15.0 Å². The Kier molecular flexibility index (Phi) is 13.2. The maximum atomic E-state index is 11.4. The van der Waals surface area contributed by atoms with E-state index < -0.39 is 12.2 Å². The zero-order valence-corrected chi connectivity index (χ0v) is 15.7. The molecule has 4 nitrogen and oxygen atoms in total. The van der Waals surface area contributed by atoms with Gasteiger partial charge in [0.05, 0.1) is 12.2 Å². The third-order valence-corrected chi connectivity index (χ3v) is 3.85. The topological polar surface area (TPSA) is 60.8 Å². The van der Waals surface area contributed by atoms with Gasteiger partial charge < -0.3 is 15.1 Å². The van der Waals surface area contributed by atoms with Gasteiger partial charge in [-0.1, -0.05) is 69.6 Å². The monoisotopic (exact) mass is 337 g/mol. The second kappa shape index (κ2) is 14.0. The summed E-state index contributed by atoms with van der Waals surface area (Å²) in [7, 11) is 3.41. The second-order valence-corrected chi connectivity index (χ2v) is 6.60. The van der Waals surface area contributed by atoms with Gasteiger partial charge in [-0.25, -0.2) is 0 Å². The fourth-order valence-corrected chi connectivity index (χ4v) is 2.27. The van der Waals surface area contributed by atoms with E-state index in [1.807, 2.05) is 12.2 Å². The van der Waals surface area contributed by atoms with E-state index in [0.717, 1.165) is 12.8 Å². The van der Waals surface area contributed by atoms with Crippen molar-refractivity contribution in [1.82, 2.24) is 4.90 Å². The van der Waals surface area contributed by atoms with Crippen molar-refractivity contribution in [2.24, 2.45) is 5.92 Å². The molecule has 4 heteroatoms. The summed E-state index contributed by atoms with van der Waals surface area (Å²) < 4.78 is 0. The predicted molar refractivity (Wildman–Crippen MR) is 101 cm³/mol. The number of rotatable bonds is 12. The summed E-state index contributed by atoms with van der Waals surface area (Å²) >= 11 is 0. The standard InChI is InChI=1S/C20H35NO3/c1-5-6-11-17(2)16-19(23)13-10-8-7-9-12-18(22)14-15-20(24)21(3)4/h7-10,12-13,17-19,22-23H,5-6,11,14-16H2,1-4H3/b8-7+,12-9+,13-10+.